The number of aromatic nitrogens is 1. The van der Waals surface area contributed by atoms with Gasteiger partial charge in [-0.25, -0.2) is 4.98 Å². The van der Waals surface area contributed by atoms with Crippen LogP contribution in [0.15, 0.2) is 24.3 Å². The van der Waals surface area contributed by atoms with Crippen molar-refractivity contribution in [1.82, 2.24) is 4.98 Å². The highest BCUT2D eigenvalue weighted by Crippen LogP contribution is 2.26. The lowest BCUT2D eigenvalue weighted by molar-refractivity contribution is 0.0991. The molecule has 1 heterocycles. The van der Waals surface area contributed by atoms with Crippen LogP contribution in [0.3, 0.4) is 0 Å². The Morgan fingerprint density at radius 2 is 2.11 bits per heavy atom. The molecule has 2 rings (SSSR count). The number of nitrogens with zero attached hydrogens (tertiary/aromatic N) is 1. The third kappa shape index (κ3) is 3.30. The third-order valence-electron chi connectivity index (χ3n) is 2.51. The fraction of sp³-hybridized carbons (Fsp3) is 0.231. The molecular formula is C13H15N3O2S. The van der Waals surface area contributed by atoms with E-state index in [0.717, 1.165) is 10.6 Å². The van der Waals surface area contributed by atoms with Crippen molar-refractivity contribution in [2.75, 3.05) is 12.4 Å². The second kappa shape index (κ2) is 5.81. The van der Waals surface area contributed by atoms with E-state index in [4.69, 9.17) is 10.5 Å². The number of anilines is 2. The fourth-order valence-electron chi connectivity index (χ4n) is 1.59. The van der Waals surface area contributed by atoms with Gasteiger partial charge in [-0.3, -0.25) is 4.79 Å². The molecule has 0 bridgehead atoms. The van der Waals surface area contributed by atoms with E-state index in [1.807, 2.05) is 31.2 Å². The van der Waals surface area contributed by atoms with Gasteiger partial charge in [-0.05, 0) is 19.1 Å². The number of benzene rings is 1. The molecule has 0 radical (unpaired) electrons. The van der Waals surface area contributed by atoms with Crippen molar-refractivity contribution in [3.05, 3.63) is 40.4 Å². The van der Waals surface area contributed by atoms with Crippen LogP contribution < -0.4 is 11.1 Å². The molecule has 0 saturated carbocycles. The van der Waals surface area contributed by atoms with Crippen molar-refractivity contribution < 1.29 is 9.53 Å². The van der Waals surface area contributed by atoms with Crippen LogP contribution >= 0.6 is 11.3 Å². The average Bonchev–Trinajstić information content (AvgIpc) is 2.76. The molecule has 0 atom stereocenters. The summed E-state index contributed by atoms with van der Waals surface area (Å²) in [7, 11) is 1.57. The molecule has 1 aromatic heterocycles. The van der Waals surface area contributed by atoms with E-state index in [1.165, 1.54) is 16.9 Å². The van der Waals surface area contributed by atoms with Crippen molar-refractivity contribution in [3.8, 4) is 0 Å². The lowest BCUT2D eigenvalue weighted by Gasteiger charge is -2.02. The number of carbonyl (C=O) groups is 1. The van der Waals surface area contributed by atoms with Gasteiger partial charge in [0.25, 0.3) is 5.91 Å². The summed E-state index contributed by atoms with van der Waals surface area (Å²) in [6, 6.07) is 7.91. The average molecular weight is 277 g/mol. The summed E-state index contributed by atoms with van der Waals surface area (Å²) in [5, 5.41) is 3.78. The van der Waals surface area contributed by atoms with Gasteiger partial charge in [-0.15, -0.1) is 0 Å². The van der Waals surface area contributed by atoms with E-state index >= 15 is 0 Å². The predicted molar refractivity (Wildman–Crippen MR) is 75.8 cm³/mol. The Kier molecular flexibility index (Phi) is 4.13. The predicted octanol–water partition coefficient (Wildman–Crippen LogP) is 2.44. The Hall–Kier alpha value is -1.92. The van der Waals surface area contributed by atoms with Gasteiger partial charge in [0.1, 0.15) is 5.69 Å². The zero-order valence-corrected chi connectivity index (χ0v) is 11.6. The van der Waals surface area contributed by atoms with E-state index in [9.17, 15) is 4.79 Å². The summed E-state index contributed by atoms with van der Waals surface area (Å²) in [4.78, 5) is 16.2. The smallest absolute Gasteiger partial charge is 0.268 e. The van der Waals surface area contributed by atoms with Crippen LogP contribution in [0.4, 0.5) is 10.8 Å². The van der Waals surface area contributed by atoms with Crippen LogP contribution in [0, 0.1) is 6.92 Å². The maximum absolute atomic E-state index is 11.3. The quantitative estimate of drug-likeness (QED) is 0.880. The van der Waals surface area contributed by atoms with Crippen molar-refractivity contribution in [2.24, 2.45) is 5.73 Å². The monoisotopic (exact) mass is 277 g/mol. The van der Waals surface area contributed by atoms with Crippen molar-refractivity contribution in [2.45, 2.75) is 13.5 Å². The number of carbonyl (C=O) groups excluding carboxylic acids is 1. The molecule has 0 fully saturated rings. The SMILES string of the molecule is COCc1sc(Nc2ccc(C)cc2)nc1C(N)=O. The number of hydrogen-bond acceptors (Lipinski definition) is 5. The van der Waals surface area contributed by atoms with Gasteiger partial charge in [0.15, 0.2) is 5.13 Å². The van der Waals surface area contributed by atoms with Gasteiger partial charge in [0.2, 0.25) is 0 Å². The minimum Gasteiger partial charge on any atom is -0.379 e. The van der Waals surface area contributed by atoms with Gasteiger partial charge in [-0.2, -0.15) is 0 Å². The highest BCUT2D eigenvalue weighted by molar-refractivity contribution is 7.16. The molecule has 1 aromatic carbocycles. The largest absolute Gasteiger partial charge is 0.379 e. The highest BCUT2D eigenvalue weighted by Gasteiger charge is 2.15. The Balaban J connectivity index is 2.23. The standard InChI is InChI=1S/C13H15N3O2S/c1-8-3-5-9(6-4-8)15-13-16-11(12(14)17)10(19-13)7-18-2/h3-6H,7H2,1-2H3,(H2,14,17)(H,15,16). The number of thiazole rings is 1. The molecule has 6 heteroatoms. The molecule has 0 aliphatic rings. The molecule has 0 saturated heterocycles. The van der Waals surface area contributed by atoms with Crippen LogP contribution in [0.2, 0.25) is 0 Å². The number of primary amides is 1. The minimum atomic E-state index is -0.541. The summed E-state index contributed by atoms with van der Waals surface area (Å²) in [5.41, 5.74) is 7.66. The normalized spacial score (nSPS) is 10.4. The van der Waals surface area contributed by atoms with E-state index < -0.39 is 5.91 Å². The lowest BCUT2D eigenvalue weighted by Crippen LogP contribution is -2.13. The molecule has 2 aromatic rings. The number of nitrogens with two attached hydrogens (primary N) is 1. The Morgan fingerprint density at radius 1 is 1.42 bits per heavy atom. The molecule has 0 aliphatic heterocycles. The van der Waals surface area contributed by atoms with Crippen LogP contribution in [0.25, 0.3) is 0 Å². The molecule has 0 aliphatic carbocycles. The third-order valence-corrected chi connectivity index (χ3v) is 3.45. The summed E-state index contributed by atoms with van der Waals surface area (Å²) in [6.45, 7) is 2.35. The molecular weight excluding hydrogens is 262 g/mol. The van der Waals surface area contributed by atoms with Gasteiger partial charge in [-0.1, -0.05) is 29.0 Å². The molecule has 5 nitrogen and oxygen atoms in total. The molecule has 19 heavy (non-hydrogen) atoms. The number of hydrogen-bond donors (Lipinski definition) is 2. The summed E-state index contributed by atoms with van der Waals surface area (Å²) in [5.74, 6) is -0.541. The minimum absolute atomic E-state index is 0.265. The van der Waals surface area contributed by atoms with E-state index in [-0.39, 0.29) is 5.69 Å². The zero-order chi connectivity index (χ0) is 13.8. The topological polar surface area (TPSA) is 77.2 Å². The zero-order valence-electron chi connectivity index (χ0n) is 10.8. The van der Waals surface area contributed by atoms with Crippen LogP contribution in [-0.2, 0) is 11.3 Å². The van der Waals surface area contributed by atoms with E-state index in [1.54, 1.807) is 7.11 Å². The van der Waals surface area contributed by atoms with Gasteiger partial charge in [0.05, 0.1) is 11.5 Å². The van der Waals surface area contributed by atoms with E-state index in [0.29, 0.717) is 11.7 Å². The number of rotatable bonds is 5. The molecule has 0 spiro atoms. The van der Waals surface area contributed by atoms with Gasteiger partial charge >= 0.3 is 0 Å². The number of ether oxygens (including phenoxy) is 1. The number of amides is 1. The molecule has 1 amide bonds. The highest BCUT2D eigenvalue weighted by atomic mass is 32.1. The lowest BCUT2D eigenvalue weighted by atomic mass is 10.2. The molecule has 100 valence electrons. The first kappa shape index (κ1) is 13.5. The Labute approximate surface area is 115 Å². The number of methoxy groups -OCH3 is 1. The van der Waals surface area contributed by atoms with Gasteiger partial charge < -0.3 is 15.8 Å². The van der Waals surface area contributed by atoms with Crippen LogP contribution in [-0.4, -0.2) is 18.0 Å². The van der Waals surface area contributed by atoms with Crippen molar-refractivity contribution in [1.29, 1.82) is 0 Å². The molecule has 0 unspecified atom stereocenters. The van der Waals surface area contributed by atoms with Crippen LogP contribution in [0.1, 0.15) is 20.9 Å². The fourth-order valence-corrected chi connectivity index (χ4v) is 2.55. The summed E-state index contributed by atoms with van der Waals surface area (Å²) < 4.78 is 5.03. The first-order chi connectivity index (χ1) is 9.10. The Morgan fingerprint density at radius 3 is 2.68 bits per heavy atom. The number of nitrogens with one attached hydrogen (secondary N) is 1. The maximum atomic E-state index is 11.3. The van der Waals surface area contributed by atoms with Crippen molar-refractivity contribution >= 4 is 28.1 Å². The van der Waals surface area contributed by atoms with Gasteiger partial charge in [0, 0.05) is 12.8 Å². The number of aryl methyl sites for hydroxylation is 1. The summed E-state index contributed by atoms with van der Waals surface area (Å²) >= 11 is 1.36. The maximum Gasteiger partial charge on any atom is 0.268 e. The van der Waals surface area contributed by atoms with Crippen LogP contribution in [0.5, 0.6) is 0 Å². The second-order valence-corrected chi connectivity index (χ2v) is 5.16. The summed E-state index contributed by atoms with van der Waals surface area (Å²) in [6.07, 6.45) is 0. The molecule has 3 N–H and O–H groups in total. The Bertz CT molecular complexity index is 578. The van der Waals surface area contributed by atoms with Crippen molar-refractivity contribution in [3.63, 3.8) is 0 Å². The first-order valence-corrected chi connectivity index (χ1v) is 6.54. The van der Waals surface area contributed by atoms with E-state index in [2.05, 4.69) is 10.3 Å². The second-order valence-electron chi connectivity index (χ2n) is 4.08. The first-order valence-electron chi connectivity index (χ1n) is 5.72.